The van der Waals surface area contributed by atoms with Gasteiger partial charge in [0.15, 0.2) is 11.5 Å². The molecule has 1 amide bonds. The summed E-state index contributed by atoms with van der Waals surface area (Å²) in [7, 11) is 1.62. The van der Waals surface area contributed by atoms with Crippen molar-refractivity contribution >= 4 is 22.9 Å². The van der Waals surface area contributed by atoms with Crippen molar-refractivity contribution in [2.45, 2.75) is 39.2 Å². The van der Waals surface area contributed by atoms with Crippen LogP contribution in [0.4, 0.5) is 0 Å². The molecule has 5 heteroatoms. The minimum absolute atomic E-state index is 0.0441. The third-order valence-corrected chi connectivity index (χ3v) is 7.45. The van der Waals surface area contributed by atoms with E-state index < -0.39 is 0 Å². The Labute approximate surface area is 194 Å². The van der Waals surface area contributed by atoms with Crippen LogP contribution in [-0.2, 0) is 11.4 Å². The van der Waals surface area contributed by atoms with Crippen LogP contribution in [0.2, 0.25) is 0 Å². The average molecular weight is 443 g/mol. The molecule has 2 fully saturated rings. The molecular weight excluding hydrogens is 412 g/mol. The predicted molar refractivity (Wildman–Crippen MR) is 131 cm³/mol. The van der Waals surface area contributed by atoms with E-state index in [1.54, 1.807) is 13.3 Å². The van der Waals surface area contributed by atoms with Crippen molar-refractivity contribution in [3.63, 3.8) is 0 Å². The van der Waals surface area contributed by atoms with Crippen LogP contribution in [0.3, 0.4) is 0 Å². The lowest BCUT2D eigenvalue weighted by atomic mass is 9.90. The molecule has 3 atom stereocenters. The molecule has 3 aromatic carbocycles. The largest absolute Gasteiger partial charge is 0.493 e. The first-order valence-electron chi connectivity index (χ1n) is 11.7. The molecule has 2 aliphatic carbocycles. The van der Waals surface area contributed by atoms with Crippen molar-refractivity contribution in [3.05, 3.63) is 71.8 Å². The second-order valence-corrected chi connectivity index (χ2v) is 9.41. The highest BCUT2D eigenvalue weighted by atomic mass is 16.5. The van der Waals surface area contributed by atoms with E-state index in [9.17, 15) is 4.79 Å². The molecule has 5 nitrogen and oxygen atoms in total. The van der Waals surface area contributed by atoms with Gasteiger partial charge in [-0.1, -0.05) is 62.2 Å². The van der Waals surface area contributed by atoms with Gasteiger partial charge in [-0.3, -0.25) is 4.79 Å². The number of ether oxygens (including phenoxy) is 2. The van der Waals surface area contributed by atoms with Gasteiger partial charge in [-0.15, -0.1) is 0 Å². The van der Waals surface area contributed by atoms with Crippen LogP contribution in [0.5, 0.6) is 11.5 Å². The minimum Gasteiger partial charge on any atom is -0.493 e. The number of fused-ring (bicyclic) bond motifs is 2. The van der Waals surface area contributed by atoms with Gasteiger partial charge in [-0.25, -0.2) is 5.43 Å². The first-order valence-corrected chi connectivity index (χ1v) is 11.7. The summed E-state index contributed by atoms with van der Waals surface area (Å²) >= 11 is 0. The van der Waals surface area contributed by atoms with E-state index in [0.29, 0.717) is 24.0 Å². The molecule has 0 bridgehead atoms. The zero-order valence-electron chi connectivity index (χ0n) is 19.2. The van der Waals surface area contributed by atoms with Crippen LogP contribution < -0.4 is 14.9 Å². The maximum Gasteiger partial charge on any atom is 0.244 e. The Balaban J connectivity index is 1.22. The highest BCUT2D eigenvalue weighted by molar-refractivity contribution is 5.87. The van der Waals surface area contributed by atoms with E-state index in [2.05, 4.69) is 41.7 Å². The van der Waals surface area contributed by atoms with Gasteiger partial charge >= 0.3 is 0 Å². The number of hydrogen-bond acceptors (Lipinski definition) is 4. The molecule has 2 aliphatic rings. The van der Waals surface area contributed by atoms with E-state index in [1.807, 2.05) is 36.4 Å². The first-order chi connectivity index (χ1) is 16.1. The van der Waals surface area contributed by atoms with Crippen LogP contribution in [0, 0.1) is 17.3 Å². The van der Waals surface area contributed by atoms with Gasteiger partial charge in [0.2, 0.25) is 5.91 Å². The molecule has 0 radical (unpaired) electrons. The second kappa shape index (κ2) is 8.89. The van der Waals surface area contributed by atoms with Crippen molar-refractivity contribution in [2.75, 3.05) is 7.11 Å². The minimum atomic E-state index is 0.0441. The normalized spacial score (nSPS) is 23.8. The smallest absolute Gasteiger partial charge is 0.244 e. The number of carbonyl (C=O) groups excluding carboxylic acids is 1. The fraction of sp³-hybridized carbons (Fsp3) is 0.357. The number of benzene rings is 3. The van der Waals surface area contributed by atoms with Gasteiger partial charge in [0, 0.05) is 5.92 Å². The quantitative estimate of drug-likeness (QED) is 0.377. The molecule has 2 saturated carbocycles. The standard InChI is InChI=1S/C28H30N2O3/c1-28-15-6-5-12-23(28)26(28)27(31)30-29-17-19-13-14-24(25(16-19)32-2)33-18-21-10-7-9-20-8-3-4-11-22(20)21/h3-4,7-11,13-14,16-17,23,26H,5-6,12,15,18H2,1-2H3,(H,30,31)/b29-17-/t23-,26-,28-/m0/s1. The zero-order chi connectivity index (χ0) is 22.8. The number of rotatable bonds is 7. The maximum atomic E-state index is 12.6. The third kappa shape index (κ3) is 4.20. The summed E-state index contributed by atoms with van der Waals surface area (Å²) in [5.74, 6) is 1.98. The van der Waals surface area contributed by atoms with Crippen molar-refractivity contribution in [1.29, 1.82) is 0 Å². The fourth-order valence-corrected chi connectivity index (χ4v) is 5.55. The number of hydrazone groups is 1. The Bertz CT molecular complexity index is 1200. The van der Waals surface area contributed by atoms with Crippen molar-refractivity contribution in [3.8, 4) is 11.5 Å². The molecule has 0 spiro atoms. The monoisotopic (exact) mass is 442 g/mol. The molecule has 0 aromatic heterocycles. The molecule has 3 aromatic rings. The summed E-state index contributed by atoms with van der Waals surface area (Å²) in [5, 5.41) is 6.58. The summed E-state index contributed by atoms with van der Waals surface area (Å²) in [6.45, 7) is 2.69. The van der Waals surface area contributed by atoms with Gasteiger partial charge < -0.3 is 9.47 Å². The molecule has 5 rings (SSSR count). The Kier molecular flexibility index (Phi) is 5.79. The number of hydrogen-bond donors (Lipinski definition) is 1. The highest BCUT2D eigenvalue weighted by Gasteiger charge is 2.64. The van der Waals surface area contributed by atoms with Gasteiger partial charge in [0.25, 0.3) is 0 Å². The molecule has 33 heavy (non-hydrogen) atoms. The maximum absolute atomic E-state index is 12.6. The summed E-state index contributed by atoms with van der Waals surface area (Å²) in [6.07, 6.45) is 6.44. The molecule has 0 saturated heterocycles. The predicted octanol–water partition coefficient (Wildman–Crippen LogP) is 5.70. The SMILES string of the molecule is COc1cc(/C=N\NC(=O)[C@@H]2[C@@H]3CCCC[C@]23C)ccc1OCc1cccc2ccccc12. The second-order valence-electron chi connectivity index (χ2n) is 9.41. The number of amides is 1. The summed E-state index contributed by atoms with van der Waals surface area (Å²) in [4.78, 5) is 12.6. The van der Waals surface area contributed by atoms with E-state index in [1.165, 1.54) is 23.6 Å². The topological polar surface area (TPSA) is 59.9 Å². The summed E-state index contributed by atoms with van der Waals surface area (Å²) < 4.78 is 11.6. The number of nitrogens with one attached hydrogen (secondary N) is 1. The van der Waals surface area contributed by atoms with Crippen LogP contribution in [0.1, 0.15) is 43.7 Å². The van der Waals surface area contributed by atoms with Gasteiger partial charge in [0.1, 0.15) is 6.61 Å². The number of carbonyl (C=O) groups is 1. The molecule has 170 valence electrons. The lowest BCUT2D eigenvalue weighted by Gasteiger charge is -2.15. The molecule has 1 N–H and O–H groups in total. The molecular formula is C28H30N2O3. The van der Waals surface area contributed by atoms with Crippen LogP contribution in [0.25, 0.3) is 10.8 Å². The Morgan fingerprint density at radius 2 is 1.97 bits per heavy atom. The van der Waals surface area contributed by atoms with Crippen molar-refractivity contribution in [1.82, 2.24) is 5.43 Å². The molecule has 0 aliphatic heterocycles. The Morgan fingerprint density at radius 1 is 1.12 bits per heavy atom. The Hall–Kier alpha value is -3.34. The van der Waals surface area contributed by atoms with Gasteiger partial charge in [-0.05, 0) is 64.3 Å². The van der Waals surface area contributed by atoms with E-state index in [-0.39, 0.29) is 17.2 Å². The van der Waals surface area contributed by atoms with Crippen LogP contribution in [0.15, 0.2) is 65.8 Å². The van der Waals surface area contributed by atoms with Gasteiger partial charge in [-0.2, -0.15) is 5.10 Å². The summed E-state index contributed by atoms with van der Waals surface area (Å²) in [5.41, 5.74) is 4.89. The zero-order valence-corrected chi connectivity index (χ0v) is 19.2. The van der Waals surface area contributed by atoms with Gasteiger partial charge in [0.05, 0.1) is 13.3 Å². The first kappa shape index (κ1) is 21.5. The number of nitrogens with zero attached hydrogens (tertiary/aromatic N) is 1. The molecule has 0 heterocycles. The fourth-order valence-electron chi connectivity index (χ4n) is 5.55. The Morgan fingerprint density at radius 3 is 2.79 bits per heavy atom. The lowest BCUT2D eigenvalue weighted by Crippen LogP contribution is -2.22. The number of methoxy groups -OCH3 is 1. The highest BCUT2D eigenvalue weighted by Crippen LogP contribution is 2.66. The molecule has 0 unspecified atom stereocenters. The van der Waals surface area contributed by atoms with E-state index in [0.717, 1.165) is 24.0 Å². The van der Waals surface area contributed by atoms with Crippen LogP contribution in [-0.4, -0.2) is 19.2 Å². The average Bonchev–Trinajstić information content (AvgIpc) is 3.48. The van der Waals surface area contributed by atoms with Crippen LogP contribution >= 0.6 is 0 Å². The van der Waals surface area contributed by atoms with E-state index in [4.69, 9.17) is 9.47 Å². The summed E-state index contributed by atoms with van der Waals surface area (Å²) in [6, 6.07) is 20.2. The van der Waals surface area contributed by atoms with Crippen molar-refractivity contribution in [2.24, 2.45) is 22.4 Å². The van der Waals surface area contributed by atoms with E-state index >= 15 is 0 Å². The third-order valence-electron chi connectivity index (χ3n) is 7.45. The lowest BCUT2D eigenvalue weighted by molar-refractivity contribution is -0.123. The van der Waals surface area contributed by atoms with Crippen molar-refractivity contribution < 1.29 is 14.3 Å².